The Balaban J connectivity index is 1.65. The summed E-state index contributed by atoms with van der Waals surface area (Å²) in [4.78, 5) is 0. The first-order chi connectivity index (χ1) is 10.4. The standard InChI is InChI=1S/C20H41N/c21-19-15-11-9-7-5-3-1-2-4-6-8-10-12-16-20-17-13-14-18-20/h20H,1-19,21H2. The predicted octanol–water partition coefficient (Wildman–Crippen LogP) is 6.60. The van der Waals surface area contributed by atoms with Gasteiger partial charge in [-0.1, -0.05) is 109 Å². The lowest BCUT2D eigenvalue weighted by Gasteiger charge is -2.08. The molecule has 21 heavy (non-hydrogen) atoms. The normalized spacial score (nSPS) is 15.9. The highest BCUT2D eigenvalue weighted by Crippen LogP contribution is 2.29. The molecule has 0 amide bonds. The molecule has 1 aliphatic rings. The lowest BCUT2D eigenvalue weighted by atomic mass is 9.99. The molecule has 1 nitrogen and oxygen atoms in total. The molecule has 0 aromatic carbocycles. The largest absolute Gasteiger partial charge is 0.330 e. The van der Waals surface area contributed by atoms with Crippen molar-refractivity contribution < 1.29 is 0 Å². The van der Waals surface area contributed by atoms with Crippen LogP contribution in [0.3, 0.4) is 0 Å². The molecule has 0 spiro atoms. The minimum Gasteiger partial charge on any atom is -0.330 e. The SMILES string of the molecule is NCCCCCCCCCCCCCCCC1CCCC1. The molecule has 0 atom stereocenters. The van der Waals surface area contributed by atoms with Crippen molar-refractivity contribution in [3.8, 4) is 0 Å². The number of unbranched alkanes of at least 4 members (excludes halogenated alkanes) is 12. The van der Waals surface area contributed by atoms with Gasteiger partial charge in [0.2, 0.25) is 0 Å². The zero-order chi connectivity index (χ0) is 15.0. The van der Waals surface area contributed by atoms with E-state index >= 15 is 0 Å². The Bertz CT molecular complexity index is 196. The van der Waals surface area contributed by atoms with Crippen LogP contribution in [0.1, 0.15) is 116 Å². The summed E-state index contributed by atoms with van der Waals surface area (Å²) in [5.41, 5.74) is 5.50. The first kappa shape index (κ1) is 19.0. The fourth-order valence-electron chi connectivity index (χ4n) is 3.82. The van der Waals surface area contributed by atoms with Gasteiger partial charge < -0.3 is 5.73 Å². The van der Waals surface area contributed by atoms with Crippen LogP contribution in [0.15, 0.2) is 0 Å². The Hall–Kier alpha value is -0.0400. The van der Waals surface area contributed by atoms with Crippen molar-refractivity contribution >= 4 is 0 Å². The summed E-state index contributed by atoms with van der Waals surface area (Å²) in [6.45, 7) is 0.876. The maximum Gasteiger partial charge on any atom is -0.00773 e. The van der Waals surface area contributed by atoms with Gasteiger partial charge in [0, 0.05) is 0 Å². The van der Waals surface area contributed by atoms with E-state index in [-0.39, 0.29) is 0 Å². The molecule has 1 heteroatoms. The Kier molecular flexibility index (Phi) is 13.5. The first-order valence-corrected chi connectivity index (χ1v) is 10.1. The lowest BCUT2D eigenvalue weighted by Crippen LogP contribution is -1.97. The van der Waals surface area contributed by atoms with Crippen molar-refractivity contribution in [2.45, 2.75) is 116 Å². The number of hydrogen-bond donors (Lipinski definition) is 1. The van der Waals surface area contributed by atoms with Crippen LogP contribution in [0.4, 0.5) is 0 Å². The van der Waals surface area contributed by atoms with E-state index in [4.69, 9.17) is 5.73 Å². The third-order valence-corrected chi connectivity index (χ3v) is 5.29. The topological polar surface area (TPSA) is 26.0 Å². The van der Waals surface area contributed by atoms with E-state index in [1.54, 1.807) is 0 Å². The summed E-state index contributed by atoms with van der Waals surface area (Å²) in [5, 5.41) is 0. The predicted molar refractivity (Wildman–Crippen MR) is 95.7 cm³/mol. The first-order valence-electron chi connectivity index (χ1n) is 10.1. The average molecular weight is 296 g/mol. The van der Waals surface area contributed by atoms with Crippen LogP contribution in [0.25, 0.3) is 0 Å². The third-order valence-electron chi connectivity index (χ3n) is 5.29. The van der Waals surface area contributed by atoms with Gasteiger partial charge in [-0.05, 0) is 18.9 Å². The summed E-state index contributed by atoms with van der Waals surface area (Å²) < 4.78 is 0. The summed E-state index contributed by atoms with van der Waals surface area (Å²) in [5.74, 6) is 1.11. The molecule has 0 saturated heterocycles. The highest BCUT2D eigenvalue weighted by atomic mass is 14.5. The van der Waals surface area contributed by atoms with Crippen molar-refractivity contribution in [2.24, 2.45) is 11.7 Å². The maximum absolute atomic E-state index is 5.50. The molecule has 1 aliphatic carbocycles. The van der Waals surface area contributed by atoms with E-state index in [2.05, 4.69) is 0 Å². The van der Waals surface area contributed by atoms with Gasteiger partial charge in [0.1, 0.15) is 0 Å². The van der Waals surface area contributed by atoms with Gasteiger partial charge >= 0.3 is 0 Å². The molecule has 0 heterocycles. The van der Waals surface area contributed by atoms with E-state index in [1.165, 1.54) is 116 Å². The molecule has 0 aromatic rings. The van der Waals surface area contributed by atoms with Crippen LogP contribution in [-0.4, -0.2) is 6.54 Å². The highest BCUT2D eigenvalue weighted by Gasteiger charge is 2.13. The van der Waals surface area contributed by atoms with E-state index in [9.17, 15) is 0 Å². The Morgan fingerprint density at radius 2 is 0.905 bits per heavy atom. The zero-order valence-corrected chi connectivity index (χ0v) is 14.6. The van der Waals surface area contributed by atoms with E-state index in [0.29, 0.717) is 0 Å². The van der Waals surface area contributed by atoms with Gasteiger partial charge in [0.25, 0.3) is 0 Å². The monoisotopic (exact) mass is 295 g/mol. The van der Waals surface area contributed by atoms with E-state index in [1.807, 2.05) is 0 Å². The lowest BCUT2D eigenvalue weighted by molar-refractivity contribution is 0.459. The second-order valence-corrected chi connectivity index (χ2v) is 7.32. The smallest absolute Gasteiger partial charge is 0.00773 e. The van der Waals surface area contributed by atoms with Crippen LogP contribution < -0.4 is 5.73 Å². The second kappa shape index (κ2) is 14.9. The minimum atomic E-state index is 0.876. The van der Waals surface area contributed by atoms with Crippen molar-refractivity contribution in [3.63, 3.8) is 0 Å². The van der Waals surface area contributed by atoms with Gasteiger partial charge in [0.05, 0.1) is 0 Å². The van der Waals surface area contributed by atoms with Gasteiger partial charge in [-0.2, -0.15) is 0 Å². The van der Waals surface area contributed by atoms with Gasteiger partial charge in [-0.25, -0.2) is 0 Å². The summed E-state index contributed by atoms with van der Waals surface area (Å²) >= 11 is 0. The molecular formula is C20H41N. The Labute approximate surface area is 134 Å². The zero-order valence-electron chi connectivity index (χ0n) is 14.6. The molecule has 1 saturated carbocycles. The van der Waals surface area contributed by atoms with E-state index < -0.39 is 0 Å². The van der Waals surface area contributed by atoms with Crippen LogP contribution in [-0.2, 0) is 0 Å². The number of hydrogen-bond acceptors (Lipinski definition) is 1. The molecule has 0 radical (unpaired) electrons. The van der Waals surface area contributed by atoms with Crippen molar-refractivity contribution in [3.05, 3.63) is 0 Å². The summed E-state index contributed by atoms with van der Waals surface area (Å²) in [6, 6.07) is 0. The fraction of sp³-hybridized carbons (Fsp3) is 1.00. The number of rotatable bonds is 15. The van der Waals surface area contributed by atoms with Gasteiger partial charge in [-0.15, -0.1) is 0 Å². The van der Waals surface area contributed by atoms with Gasteiger partial charge in [0.15, 0.2) is 0 Å². The van der Waals surface area contributed by atoms with Crippen LogP contribution in [0, 0.1) is 5.92 Å². The average Bonchev–Trinajstić information content (AvgIpc) is 3.01. The fourth-order valence-corrected chi connectivity index (χ4v) is 3.82. The second-order valence-electron chi connectivity index (χ2n) is 7.32. The molecule has 0 bridgehead atoms. The van der Waals surface area contributed by atoms with Crippen LogP contribution in [0.5, 0.6) is 0 Å². The quantitative estimate of drug-likeness (QED) is 0.338. The molecule has 0 aromatic heterocycles. The number of nitrogens with two attached hydrogens (primary N) is 1. The summed E-state index contributed by atoms with van der Waals surface area (Å²) in [7, 11) is 0. The molecular weight excluding hydrogens is 254 g/mol. The Morgan fingerprint density at radius 1 is 0.524 bits per heavy atom. The van der Waals surface area contributed by atoms with E-state index in [0.717, 1.165) is 12.5 Å². The molecule has 1 fully saturated rings. The molecule has 0 unspecified atom stereocenters. The third kappa shape index (κ3) is 12.2. The Morgan fingerprint density at radius 3 is 1.33 bits per heavy atom. The molecule has 126 valence electrons. The highest BCUT2D eigenvalue weighted by molar-refractivity contribution is 4.67. The molecule has 1 rings (SSSR count). The van der Waals surface area contributed by atoms with Crippen LogP contribution >= 0.6 is 0 Å². The maximum atomic E-state index is 5.50. The van der Waals surface area contributed by atoms with Crippen molar-refractivity contribution in [1.82, 2.24) is 0 Å². The summed E-state index contributed by atoms with van der Waals surface area (Å²) in [6.07, 6.45) is 26.4. The van der Waals surface area contributed by atoms with Gasteiger partial charge in [-0.3, -0.25) is 0 Å². The minimum absolute atomic E-state index is 0.876. The van der Waals surface area contributed by atoms with Crippen LogP contribution in [0.2, 0.25) is 0 Å². The van der Waals surface area contributed by atoms with Crippen molar-refractivity contribution in [1.29, 1.82) is 0 Å². The molecule has 0 aliphatic heterocycles. The van der Waals surface area contributed by atoms with Crippen molar-refractivity contribution in [2.75, 3.05) is 6.54 Å². The molecule has 2 N–H and O–H groups in total.